The summed E-state index contributed by atoms with van der Waals surface area (Å²) in [6, 6.07) is 8.86. The van der Waals surface area contributed by atoms with Gasteiger partial charge in [0.15, 0.2) is 0 Å². The van der Waals surface area contributed by atoms with Crippen LogP contribution in [0.25, 0.3) is 11.0 Å². The molecule has 0 unspecified atom stereocenters. The lowest BCUT2D eigenvalue weighted by molar-refractivity contribution is 1.29. The van der Waals surface area contributed by atoms with Crippen LogP contribution in [0.4, 0.5) is 5.69 Å². The van der Waals surface area contributed by atoms with Gasteiger partial charge < -0.3 is 0 Å². The maximum absolute atomic E-state index is 6.07. The fourth-order valence-electron chi connectivity index (χ4n) is 1.88. The molecule has 7 heteroatoms. The molecule has 2 aromatic carbocycles. The van der Waals surface area contributed by atoms with Crippen molar-refractivity contribution in [1.82, 2.24) is 9.97 Å². The van der Waals surface area contributed by atoms with Gasteiger partial charge in [-0.15, -0.1) is 0 Å². The van der Waals surface area contributed by atoms with E-state index in [2.05, 4.69) is 20.5 Å². The van der Waals surface area contributed by atoms with Crippen LogP contribution >= 0.6 is 34.8 Å². The highest BCUT2D eigenvalue weighted by molar-refractivity contribution is 6.41. The number of hydrogen-bond acceptors (Lipinski definition) is 4. The number of benzene rings is 2. The zero-order chi connectivity index (χ0) is 15.5. The van der Waals surface area contributed by atoms with E-state index in [1.54, 1.807) is 30.7 Å². The van der Waals surface area contributed by atoms with Gasteiger partial charge in [-0.1, -0.05) is 40.9 Å². The average molecular weight is 352 g/mol. The van der Waals surface area contributed by atoms with Gasteiger partial charge in [-0.2, -0.15) is 5.10 Å². The van der Waals surface area contributed by atoms with Crippen molar-refractivity contribution in [1.29, 1.82) is 0 Å². The van der Waals surface area contributed by atoms with Crippen LogP contribution in [0.1, 0.15) is 5.56 Å². The number of nitrogens with one attached hydrogen (secondary N) is 1. The molecule has 1 heterocycles. The predicted octanol–water partition coefficient (Wildman–Crippen LogP) is 5.04. The third-order valence-corrected chi connectivity index (χ3v) is 3.70. The maximum atomic E-state index is 6.07. The zero-order valence-electron chi connectivity index (χ0n) is 11.1. The number of hydrogen-bond donors (Lipinski definition) is 1. The van der Waals surface area contributed by atoms with Crippen molar-refractivity contribution in [3.63, 3.8) is 0 Å². The number of fused-ring (bicyclic) bond motifs is 1. The lowest BCUT2D eigenvalue weighted by Crippen LogP contribution is -1.93. The SMILES string of the molecule is Clc1cc(Cl)c(NN=Cc2ccc3nccnc3c2)c(Cl)c1. The fraction of sp³-hybridized carbons (Fsp3) is 0. The highest BCUT2D eigenvalue weighted by Crippen LogP contribution is 2.33. The summed E-state index contributed by atoms with van der Waals surface area (Å²) >= 11 is 18.0. The van der Waals surface area contributed by atoms with Gasteiger partial charge in [0.2, 0.25) is 0 Å². The molecule has 3 rings (SSSR count). The summed E-state index contributed by atoms with van der Waals surface area (Å²) < 4.78 is 0. The molecule has 0 atom stereocenters. The zero-order valence-corrected chi connectivity index (χ0v) is 13.4. The number of anilines is 1. The Kier molecular flexibility index (Phi) is 4.43. The Morgan fingerprint density at radius 3 is 2.32 bits per heavy atom. The molecule has 4 nitrogen and oxygen atoms in total. The molecule has 0 fully saturated rings. The van der Waals surface area contributed by atoms with E-state index in [-0.39, 0.29) is 0 Å². The molecule has 22 heavy (non-hydrogen) atoms. The highest BCUT2D eigenvalue weighted by Gasteiger charge is 2.06. The van der Waals surface area contributed by atoms with Crippen LogP contribution in [0.5, 0.6) is 0 Å². The second-order valence-corrected chi connectivity index (χ2v) is 5.67. The topological polar surface area (TPSA) is 50.2 Å². The van der Waals surface area contributed by atoms with Crippen molar-refractivity contribution in [3.8, 4) is 0 Å². The molecule has 110 valence electrons. The summed E-state index contributed by atoms with van der Waals surface area (Å²) in [4.78, 5) is 8.46. The third kappa shape index (κ3) is 3.30. The van der Waals surface area contributed by atoms with Crippen LogP contribution in [0.15, 0.2) is 47.8 Å². The van der Waals surface area contributed by atoms with Gasteiger partial charge in [-0.25, -0.2) is 0 Å². The summed E-state index contributed by atoms with van der Waals surface area (Å²) in [7, 11) is 0. The number of aromatic nitrogens is 2. The molecule has 1 aromatic heterocycles. The molecule has 0 aliphatic rings. The highest BCUT2D eigenvalue weighted by atomic mass is 35.5. The summed E-state index contributed by atoms with van der Waals surface area (Å²) in [6.07, 6.45) is 4.95. The second-order valence-electron chi connectivity index (χ2n) is 4.42. The molecular formula is C15H9Cl3N4. The van der Waals surface area contributed by atoms with E-state index >= 15 is 0 Å². The maximum Gasteiger partial charge on any atom is 0.0935 e. The Balaban J connectivity index is 1.82. The number of hydrazone groups is 1. The first-order valence-corrected chi connectivity index (χ1v) is 7.41. The van der Waals surface area contributed by atoms with Crippen molar-refractivity contribution < 1.29 is 0 Å². The smallest absolute Gasteiger partial charge is 0.0935 e. The fourth-order valence-corrected chi connectivity index (χ4v) is 2.78. The first kappa shape index (κ1) is 15.0. The minimum atomic E-state index is 0.402. The predicted molar refractivity (Wildman–Crippen MR) is 92.2 cm³/mol. The first-order chi connectivity index (χ1) is 10.6. The molecule has 0 saturated heterocycles. The Bertz CT molecular complexity index is 841. The van der Waals surface area contributed by atoms with Gasteiger partial charge in [0.1, 0.15) is 0 Å². The van der Waals surface area contributed by atoms with Crippen LogP contribution < -0.4 is 5.43 Å². The minimum Gasteiger partial charge on any atom is -0.275 e. The molecule has 0 saturated carbocycles. The molecule has 0 aliphatic heterocycles. The Morgan fingerprint density at radius 1 is 0.909 bits per heavy atom. The summed E-state index contributed by atoms with van der Waals surface area (Å²) in [5.41, 5.74) is 5.83. The van der Waals surface area contributed by atoms with Gasteiger partial charge in [0.25, 0.3) is 0 Å². The van der Waals surface area contributed by atoms with Crippen molar-refractivity contribution in [2.75, 3.05) is 5.43 Å². The van der Waals surface area contributed by atoms with Crippen molar-refractivity contribution in [2.45, 2.75) is 0 Å². The third-order valence-electron chi connectivity index (χ3n) is 2.89. The van der Waals surface area contributed by atoms with Gasteiger partial charge in [0.05, 0.1) is 33.0 Å². The van der Waals surface area contributed by atoms with E-state index in [1.165, 1.54) is 0 Å². The van der Waals surface area contributed by atoms with Crippen LogP contribution in [0.3, 0.4) is 0 Å². The van der Waals surface area contributed by atoms with Gasteiger partial charge in [-0.05, 0) is 29.8 Å². The lowest BCUT2D eigenvalue weighted by Gasteiger charge is -2.06. The van der Waals surface area contributed by atoms with E-state index in [0.717, 1.165) is 16.6 Å². The van der Waals surface area contributed by atoms with Gasteiger partial charge in [-0.3, -0.25) is 15.4 Å². The van der Waals surface area contributed by atoms with Crippen molar-refractivity contribution >= 4 is 57.7 Å². The average Bonchev–Trinajstić information content (AvgIpc) is 2.49. The largest absolute Gasteiger partial charge is 0.275 e. The lowest BCUT2D eigenvalue weighted by atomic mass is 10.2. The Labute approximate surface area is 141 Å². The van der Waals surface area contributed by atoms with Gasteiger partial charge in [0, 0.05) is 17.4 Å². The first-order valence-electron chi connectivity index (χ1n) is 6.28. The molecular weight excluding hydrogens is 343 g/mol. The van der Waals surface area contributed by atoms with E-state index in [9.17, 15) is 0 Å². The van der Waals surface area contributed by atoms with Gasteiger partial charge >= 0.3 is 0 Å². The summed E-state index contributed by atoms with van der Waals surface area (Å²) in [5, 5.41) is 5.41. The Hall–Kier alpha value is -1.88. The van der Waals surface area contributed by atoms with Crippen molar-refractivity contribution in [2.24, 2.45) is 5.10 Å². The molecule has 0 amide bonds. The molecule has 0 spiro atoms. The number of halogens is 3. The van der Waals surface area contributed by atoms with Crippen LogP contribution in [0.2, 0.25) is 15.1 Å². The van der Waals surface area contributed by atoms with Crippen LogP contribution in [-0.2, 0) is 0 Å². The number of rotatable bonds is 3. The normalized spacial score (nSPS) is 11.2. The second kappa shape index (κ2) is 6.48. The van der Waals surface area contributed by atoms with E-state index in [4.69, 9.17) is 34.8 Å². The van der Waals surface area contributed by atoms with Crippen LogP contribution in [-0.4, -0.2) is 16.2 Å². The van der Waals surface area contributed by atoms with Crippen molar-refractivity contribution in [3.05, 3.63) is 63.4 Å². The van der Waals surface area contributed by atoms with Crippen LogP contribution in [0, 0.1) is 0 Å². The molecule has 0 aliphatic carbocycles. The minimum absolute atomic E-state index is 0.402. The quantitative estimate of drug-likeness (QED) is 0.531. The van der Waals surface area contributed by atoms with E-state index in [0.29, 0.717) is 20.8 Å². The van der Waals surface area contributed by atoms with E-state index in [1.807, 2.05) is 18.2 Å². The molecule has 1 N–H and O–H groups in total. The number of nitrogens with zero attached hydrogens (tertiary/aromatic N) is 3. The molecule has 0 radical (unpaired) electrons. The standard InChI is InChI=1S/C15H9Cl3N4/c16-10-6-11(17)15(12(18)7-10)22-21-8-9-1-2-13-14(5-9)20-4-3-19-13/h1-8,22H. The molecule has 3 aromatic rings. The van der Waals surface area contributed by atoms with E-state index < -0.39 is 0 Å². The molecule has 0 bridgehead atoms. The summed E-state index contributed by atoms with van der Waals surface area (Å²) in [6.45, 7) is 0. The Morgan fingerprint density at radius 2 is 1.59 bits per heavy atom. The summed E-state index contributed by atoms with van der Waals surface area (Å²) in [5.74, 6) is 0. The monoisotopic (exact) mass is 350 g/mol.